The number of nitrogens with zero attached hydrogens (tertiary/aromatic N) is 2. The van der Waals surface area contributed by atoms with Crippen molar-refractivity contribution in [1.82, 2.24) is 9.80 Å². The fraction of sp³-hybridized carbons (Fsp3) is 0.579. The van der Waals surface area contributed by atoms with Gasteiger partial charge in [-0.05, 0) is 24.6 Å². The molecule has 5 aliphatic heterocycles. The Morgan fingerprint density at radius 1 is 1.16 bits per heavy atom. The normalized spacial score (nSPS) is 43.6. The molecule has 0 radical (unpaired) electrons. The summed E-state index contributed by atoms with van der Waals surface area (Å²) >= 11 is 3.56. The van der Waals surface area contributed by atoms with Gasteiger partial charge in [-0.25, -0.2) is 0 Å². The average molecular weight is 404 g/mol. The first kappa shape index (κ1) is 16.0. The predicted octanol–water partition coefficient (Wildman–Crippen LogP) is 2.56. The van der Waals surface area contributed by atoms with Crippen molar-refractivity contribution >= 4 is 33.3 Å². The summed E-state index contributed by atoms with van der Waals surface area (Å²) in [5, 5.41) is 3.08. The summed E-state index contributed by atoms with van der Waals surface area (Å²) in [7, 11) is 0. The van der Waals surface area contributed by atoms with Gasteiger partial charge < -0.3 is 5.32 Å². The number of halogens is 1. The molecule has 4 bridgehead atoms. The number of piperidine rings is 2. The zero-order chi connectivity index (χ0) is 17.6. The lowest BCUT2D eigenvalue weighted by atomic mass is 9.58. The van der Waals surface area contributed by atoms with E-state index in [1.807, 2.05) is 12.1 Å². The van der Waals surface area contributed by atoms with E-state index in [2.05, 4.69) is 51.0 Å². The number of carbonyl (C=O) groups excluding carboxylic acids is 2. The van der Waals surface area contributed by atoms with Crippen molar-refractivity contribution in [3.63, 3.8) is 0 Å². The van der Waals surface area contributed by atoms with Gasteiger partial charge in [0.25, 0.3) is 5.91 Å². The van der Waals surface area contributed by atoms with Gasteiger partial charge in [-0.15, -0.1) is 0 Å². The van der Waals surface area contributed by atoms with E-state index in [-0.39, 0.29) is 16.7 Å². The SMILES string of the molecule is CCCC12CN3CC(C)(CN(C1)C31C(=O)Nc3ccc(Br)cc31)C2=O. The molecule has 0 saturated carbocycles. The summed E-state index contributed by atoms with van der Waals surface area (Å²) < 4.78 is 0.976. The highest BCUT2D eigenvalue weighted by Gasteiger charge is 2.71. The molecule has 5 nitrogen and oxygen atoms in total. The number of hydrogen-bond donors (Lipinski definition) is 1. The third-order valence-corrected chi connectivity index (χ3v) is 7.16. The maximum absolute atomic E-state index is 13.2. The van der Waals surface area contributed by atoms with Crippen molar-refractivity contribution in [3.8, 4) is 0 Å². The number of anilines is 1. The van der Waals surface area contributed by atoms with Crippen molar-refractivity contribution in [1.29, 1.82) is 0 Å². The Balaban J connectivity index is 1.70. The van der Waals surface area contributed by atoms with E-state index < -0.39 is 5.66 Å². The highest BCUT2D eigenvalue weighted by molar-refractivity contribution is 9.10. The Bertz CT molecular complexity index is 805. The summed E-state index contributed by atoms with van der Waals surface area (Å²) in [6.07, 6.45) is 1.89. The van der Waals surface area contributed by atoms with Crippen molar-refractivity contribution in [2.24, 2.45) is 10.8 Å². The molecule has 2 atom stereocenters. The van der Waals surface area contributed by atoms with Crippen molar-refractivity contribution in [2.75, 3.05) is 31.5 Å². The first-order valence-corrected chi connectivity index (χ1v) is 9.82. The number of Topliss-reactive ketones (excluding diaryl/α,β-unsaturated/α-hetero) is 1. The van der Waals surface area contributed by atoms with Crippen molar-refractivity contribution in [3.05, 3.63) is 28.2 Å². The minimum absolute atomic E-state index is 0.0297. The van der Waals surface area contributed by atoms with E-state index in [1.165, 1.54) is 0 Å². The summed E-state index contributed by atoms with van der Waals surface area (Å²) in [6.45, 7) is 6.92. The monoisotopic (exact) mass is 403 g/mol. The molecule has 1 amide bonds. The van der Waals surface area contributed by atoms with Gasteiger partial charge in [-0.3, -0.25) is 19.4 Å². The lowest BCUT2D eigenvalue weighted by molar-refractivity contribution is -0.231. The van der Waals surface area contributed by atoms with Crippen LogP contribution in [-0.4, -0.2) is 47.7 Å². The number of benzene rings is 1. The minimum atomic E-state index is -0.753. The molecule has 1 aromatic rings. The van der Waals surface area contributed by atoms with E-state index in [4.69, 9.17) is 0 Å². The fourth-order valence-corrected chi connectivity index (χ4v) is 6.35. The highest BCUT2D eigenvalue weighted by atomic mass is 79.9. The van der Waals surface area contributed by atoms with Gasteiger partial charge in [0.05, 0.1) is 10.8 Å². The van der Waals surface area contributed by atoms with Crippen LogP contribution in [0.25, 0.3) is 0 Å². The Morgan fingerprint density at radius 3 is 2.48 bits per heavy atom. The molecule has 5 heterocycles. The molecule has 2 unspecified atom stereocenters. The summed E-state index contributed by atoms with van der Waals surface area (Å²) in [5.41, 5.74) is 0.470. The zero-order valence-corrected chi connectivity index (χ0v) is 16.1. The van der Waals surface area contributed by atoms with E-state index in [0.29, 0.717) is 32.0 Å². The highest BCUT2D eigenvalue weighted by Crippen LogP contribution is 2.58. The third-order valence-electron chi connectivity index (χ3n) is 6.66. The fourth-order valence-electron chi connectivity index (χ4n) is 5.99. The molecule has 132 valence electrons. The van der Waals surface area contributed by atoms with E-state index in [9.17, 15) is 9.59 Å². The third kappa shape index (κ3) is 1.71. The predicted molar refractivity (Wildman–Crippen MR) is 98.1 cm³/mol. The Hall–Kier alpha value is -1.24. The van der Waals surface area contributed by atoms with E-state index in [1.54, 1.807) is 0 Å². The Kier molecular flexibility index (Phi) is 3.02. The molecule has 25 heavy (non-hydrogen) atoms. The topological polar surface area (TPSA) is 52.6 Å². The van der Waals surface area contributed by atoms with Crippen LogP contribution < -0.4 is 5.32 Å². The standard InChI is InChI=1S/C19H22BrN3O2/c1-3-6-18-10-22-8-17(2,15(18)24)9-23(11-18)19(22)13-7-12(20)4-5-14(13)21-16(19)25/h4-5,7H,3,6,8-11H2,1-2H3,(H,21,25). The summed E-state index contributed by atoms with van der Waals surface area (Å²) in [6, 6.07) is 5.99. The number of rotatable bonds is 2. The molecule has 4 saturated heterocycles. The van der Waals surface area contributed by atoms with Crippen LogP contribution in [0.1, 0.15) is 32.3 Å². The lowest BCUT2D eigenvalue weighted by Crippen LogP contribution is -2.83. The first-order valence-electron chi connectivity index (χ1n) is 9.02. The molecule has 0 aromatic heterocycles. The largest absolute Gasteiger partial charge is 0.323 e. The van der Waals surface area contributed by atoms with Gasteiger partial charge in [0.15, 0.2) is 5.66 Å². The molecule has 6 heteroatoms. The number of fused-ring (bicyclic) bond motifs is 1. The van der Waals surface area contributed by atoms with Crippen molar-refractivity contribution in [2.45, 2.75) is 32.4 Å². The van der Waals surface area contributed by atoms with Crippen LogP contribution in [0, 0.1) is 10.8 Å². The quantitative estimate of drug-likeness (QED) is 0.824. The van der Waals surface area contributed by atoms with Crippen LogP contribution in [0.4, 0.5) is 5.69 Å². The number of ketones is 1. The molecular formula is C19H22BrN3O2. The molecule has 4 fully saturated rings. The molecule has 5 aliphatic rings. The van der Waals surface area contributed by atoms with Crippen LogP contribution in [0.2, 0.25) is 0 Å². The van der Waals surface area contributed by atoms with Crippen LogP contribution in [-0.2, 0) is 15.3 Å². The van der Waals surface area contributed by atoms with Gasteiger partial charge >= 0.3 is 0 Å². The number of amides is 1. The van der Waals surface area contributed by atoms with Gasteiger partial charge in [-0.2, -0.15) is 0 Å². The molecule has 1 aromatic carbocycles. The first-order chi connectivity index (χ1) is 11.9. The molecule has 1 spiro atoms. The van der Waals surface area contributed by atoms with Crippen LogP contribution in [0.3, 0.4) is 0 Å². The zero-order valence-electron chi connectivity index (χ0n) is 14.6. The molecular weight excluding hydrogens is 382 g/mol. The number of carbonyl (C=O) groups is 2. The van der Waals surface area contributed by atoms with Crippen molar-refractivity contribution < 1.29 is 9.59 Å². The van der Waals surface area contributed by atoms with Gasteiger partial charge in [0.2, 0.25) is 0 Å². The van der Waals surface area contributed by atoms with Crippen LogP contribution in [0.15, 0.2) is 22.7 Å². The summed E-state index contributed by atoms with van der Waals surface area (Å²) in [4.78, 5) is 31.0. The summed E-state index contributed by atoms with van der Waals surface area (Å²) in [5.74, 6) is 0.444. The molecule has 6 rings (SSSR count). The maximum atomic E-state index is 13.2. The second kappa shape index (κ2) is 4.72. The van der Waals surface area contributed by atoms with E-state index in [0.717, 1.165) is 28.6 Å². The molecule has 0 aliphatic carbocycles. The Labute approximate surface area is 155 Å². The molecule has 1 N–H and O–H groups in total. The smallest absolute Gasteiger partial charge is 0.264 e. The van der Waals surface area contributed by atoms with Gasteiger partial charge in [0.1, 0.15) is 5.78 Å². The van der Waals surface area contributed by atoms with Crippen LogP contribution >= 0.6 is 15.9 Å². The second-order valence-electron chi connectivity index (χ2n) is 8.45. The Morgan fingerprint density at radius 2 is 1.84 bits per heavy atom. The van der Waals surface area contributed by atoms with E-state index >= 15 is 0 Å². The second-order valence-corrected chi connectivity index (χ2v) is 9.36. The van der Waals surface area contributed by atoms with Gasteiger partial charge in [0, 0.05) is 41.9 Å². The lowest BCUT2D eigenvalue weighted by Gasteiger charge is -2.68. The maximum Gasteiger partial charge on any atom is 0.264 e. The number of hydrogen-bond acceptors (Lipinski definition) is 4. The van der Waals surface area contributed by atoms with Crippen LogP contribution in [0.5, 0.6) is 0 Å². The van der Waals surface area contributed by atoms with Gasteiger partial charge in [-0.1, -0.05) is 36.2 Å². The number of nitrogens with one attached hydrogen (secondary N) is 1. The average Bonchev–Trinajstić information content (AvgIpc) is 2.81. The minimum Gasteiger partial charge on any atom is -0.323 e.